The molecule has 5 rings (SSSR count). The van der Waals surface area contributed by atoms with Gasteiger partial charge in [-0.15, -0.1) is 11.3 Å². The maximum Gasteiger partial charge on any atom is 0.267 e. The Morgan fingerprint density at radius 2 is 1.89 bits per heavy atom. The molecular formula is C27H29ClN4O2S. The van der Waals surface area contributed by atoms with Crippen molar-refractivity contribution in [3.63, 3.8) is 0 Å². The molecule has 1 saturated heterocycles. The molecule has 3 heterocycles. The van der Waals surface area contributed by atoms with Crippen molar-refractivity contribution in [1.29, 1.82) is 0 Å². The molecule has 2 aromatic carbocycles. The molecule has 2 aromatic heterocycles. The van der Waals surface area contributed by atoms with Crippen LogP contribution in [-0.4, -0.2) is 51.7 Å². The van der Waals surface area contributed by atoms with Crippen LogP contribution in [0.25, 0.3) is 21.5 Å². The molecule has 182 valence electrons. The lowest BCUT2D eigenvalue weighted by molar-refractivity contribution is 0.102. The number of aliphatic hydroxyl groups is 1. The van der Waals surface area contributed by atoms with Crippen molar-refractivity contribution in [2.24, 2.45) is 0 Å². The highest BCUT2D eigenvalue weighted by Crippen LogP contribution is 2.31. The molecule has 35 heavy (non-hydrogen) atoms. The molecule has 0 saturated carbocycles. The number of hydrogen-bond donors (Lipinski definition) is 2. The van der Waals surface area contributed by atoms with Crippen LogP contribution >= 0.6 is 22.9 Å². The number of fused-ring (bicyclic) bond motifs is 1. The zero-order valence-corrected chi connectivity index (χ0v) is 21.3. The van der Waals surface area contributed by atoms with E-state index in [2.05, 4.69) is 38.8 Å². The Morgan fingerprint density at radius 1 is 1.11 bits per heavy atom. The van der Waals surface area contributed by atoms with Gasteiger partial charge in [0, 0.05) is 59.0 Å². The molecule has 0 unspecified atom stereocenters. The largest absolute Gasteiger partial charge is 0.396 e. The Kier molecular flexibility index (Phi) is 7.20. The Morgan fingerprint density at radius 3 is 2.63 bits per heavy atom. The number of carbonyl (C=O) groups excluding carboxylic acids is 1. The van der Waals surface area contributed by atoms with Gasteiger partial charge in [-0.1, -0.05) is 23.7 Å². The quantitative estimate of drug-likeness (QED) is 0.324. The number of hydrogen-bond acceptors (Lipinski definition) is 5. The molecule has 6 nitrogen and oxygen atoms in total. The fourth-order valence-corrected chi connectivity index (χ4v) is 5.88. The number of likely N-dealkylation sites (tertiary alicyclic amines) is 1. The van der Waals surface area contributed by atoms with Crippen molar-refractivity contribution >= 4 is 45.4 Å². The second kappa shape index (κ2) is 10.5. The van der Waals surface area contributed by atoms with Gasteiger partial charge < -0.3 is 19.9 Å². The molecule has 0 bridgehead atoms. The fraction of sp³-hybridized carbons (Fsp3) is 0.333. The van der Waals surface area contributed by atoms with Gasteiger partial charge in [0.05, 0.1) is 5.69 Å². The Hall–Kier alpha value is -2.71. The number of halogens is 1. The topological polar surface area (TPSA) is 70.4 Å². The maximum atomic E-state index is 13.2. The summed E-state index contributed by atoms with van der Waals surface area (Å²) in [4.78, 5) is 20.9. The summed E-state index contributed by atoms with van der Waals surface area (Å²) in [5, 5.41) is 15.0. The number of rotatable bonds is 8. The Bertz CT molecular complexity index is 1340. The van der Waals surface area contributed by atoms with Gasteiger partial charge in [-0.25, -0.2) is 4.98 Å². The molecule has 1 aliphatic heterocycles. The predicted octanol–water partition coefficient (Wildman–Crippen LogP) is 5.61. The standard InChI is InChI=1S/C27H29ClN4O2S/c1-18-16-20-17-22(8-9-24(20)32(18)14-13-31-11-2-3-12-31)29-26(34)25-23(10-15-33)30-27(35-25)19-4-6-21(28)7-5-19/h4-9,16-17,33H,2-3,10-15H2,1H3,(H,29,34). The monoisotopic (exact) mass is 508 g/mol. The minimum absolute atomic E-state index is 0.0692. The third kappa shape index (κ3) is 5.28. The van der Waals surface area contributed by atoms with Crippen molar-refractivity contribution in [3.8, 4) is 10.6 Å². The average Bonchev–Trinajstić information content (AvgIpc) is 3.57. The van der Waals surface area contributed by atoms with Crippen molar-refractivity contribution < 1.29 is 9.90 Å². The summed E-state index contributed by atoms with van der Waals surface area (Å²) in [5.41, 5.74) is 4.65. The molecule has 0 aliphatic carbocycles. The first-order valence-electron chi connectivity index (χ1n) is 12.0. The molecule has 0 spiro atoms. The van der Waals surface area contributed by atoms with E-state index in [1.54, 1.807) is 12.1 Å². The molecule has 4 aromatic rings. The number of thiazole rings is 1. The summed E-state index contributed by atoms with van der Waals surface area (Å²) in [6, 6.07) is 15.6. The van der Waals surface area contributed by atoms with Gasteiger partial charge in [-0.3, -0.25) is 4.79 Å². The molecule has 1 fully saturated rings. The highest BCUT2D eigenvalue weighted by atomic mass is 35.5. The molecule has 8 heteroatoms. The number of carbonyl (C=O) groups is 1. The van der Waals surface area contributed by atoms with Crippen LogP contribution in [0, 0.1) is 6.92 Å². The molecular weight excluding hydrogens is 480 g/mol. The van der Waals surface area contributed by atoms with Gasteiger partial charge >= 0.3 is 0 Å². The lowest BCUT2D eigenvalue weighted by atomic mass is 10.2. The van der Waals surface area contributed by atoms with E-state index >= 15 is 0 Å². The summed E-state index contributed by atoms with van der Waals surface area (Å²) in [6.45, 7) is 6.51. The van der Waals surface area contributed by atoms with Gasteiger partial charge in [0.25, 0.3) is 5.91 Å². The number of anilines is 1. The van der Waals surface area contributed by atoms with Crippen LogP contribution in [0.2, 0.25) is 5.02 Å². The zero-order valence-electron chi connectivity index (χ0n) is 19.8. The number of aliphatic hydroxyl groups excluding tert-OH is 1. The third-order valence-electron chi connectivity index (χ3n) is 6.55. The minimum Gasteiger partial charge on any atom is -0.396 e. The van der Waals surface area contributed by atoms with Crippen molar-refractivity contribution in [2.45, 2.75) is 32.7 Å². The van der Waals surface area contributed by atoms with Gasteiger partial charge in [0.15, 0.2) is 0 Å². The van der Waals surface area contributed by atoms with E-state index in [0.29, 0.717) is 22.0 Å². The van der Waals surface area contributed by atoms with E-state index in [1.807, 2.05) is 24.3 Å². The first kappa shape index (κ1) is 24.0. The molecule has 2 N–H and O–H groups in total. The lowest BCUT2D eigenvalue weighted by Gasteiger charge is -2.16. The van der Waals surface area contributed by atoms with E-state index in [0.717, 1.165) is 34.7 Å². The van der Waals surface area contributed by atoms with E-state index < -0.39 is 0 Å². The van der Waals surface area contributed by atoms with Crippen molar-refractivity contribution in [3.05, 3.63) is 69.8 Å². The van der Waals surface area contributed by atoms with Crippen LogP contribution in [0.5, 0.6) is 0 Å². The summed E-state index contributed by atoms with van der Waals surface area (Å²) >= 11 is 7.34. The smallest absolute Gasteiger partial charge is 0.267 e. The van der Waals surface area contributed by atoms with Crippen LogP contribution in [0.4, 0.5) is 5.69 Å². The van der Waals surface area contributed by atoms with Crippen LogP contribution in [0.3, 0.4) is 0 Å². The number of aromatic nitrogens is 2. The van der Waals surface area contributed by atoms with Crippen LogP contribution in [0.1, 0.15) is 33.9 Å². The van der Waals surface area contributed by atoms with E-state index in [4.69, 9.17) is 11.6 Å². The third-order valence-corrected chi connectivity index (χ3v) is 7.95. The maximum absolute atomic E-state index is 13.2. The number of nitrogens with one attached hydrogen (secondary N) is 1. The number of benzene rings is 2. The second-order valence-electron chi connectivity index (χ2n) is 8.99. The first-order chi connectivity index (χ1) is 17.0. The van der Waals surface area contributed by atoms with Gasteiger partial charge in [-0.05, 0) is 69.3 Å². The van der Waals surface area contributed by atoms with E-state index in [9.17, 15) is 9.90 Å². The average molecular weight is 509 g/mol. The molecule has 0 radical (unpaired) electrons. The highest BCUT2D eigenvalue weighted by Gasteiger charge is 2.20. The first-order valence-corrected chi connectivity index (χ1v) is 13.2. The van der Waals surface area contributed by atoms with Crippen molar-refractivity contribution in [1.82, 2.24) is 14.5 Å². The predicted molar refractivity (Wildman–Crippen MR) is 144 cm³/mol. The summed E-state index contributed by atoms with van der Waals surface area (Å²) < 4.78 is 2.36. The summed E-state index contributed by atoms with van der Waals surface area (Å²) in [6.07, 6.45) is 2.93. The van der Waals surface area contributed by atoms with Crippen LogP contribution < -0.4 is 5.32 Å². The second-order valence-corrected chi connectivity index (χ2v) is 10.4. The van der Waals surface area contributed by atoms with Crippen molar-refractivity contribution in [2.75, 3.05) is 31.6 Å². The summed E-state index contributed by atoms with van der Waals surface area (Å²) in [7, 11) is 0. The summed E-state index contributed by atoms with van der Waals surface area (Å²) in [5.74, 6) is -0.212. The number of nitrogens with zero attached hydrogens (tertiary/aromatic N) is 3. The molecule has 0 atom stereocenters. The fourth-order valence-electron chi connectivity index (χ4n) is 4.74. The van der Waals surface area contributed by atoms with Gasteiger partial charge in [-0.2, -0.15) is 0 Å². The van der Waals surface area contributed by atoms with Crippen LogP contribution in [-0.2, 0) is 13.0 Å². The Labute approximate surface area is 214 Å². The molecule has 1 amide bonds. The van der Waals surface area contributed by atoms with Gasteiger partial charge in [0.1, 0.15) is 9.88 Å². The SMILES string of the molecule is Cc1cc2cc(NC(=O)c3sc(-c4ccc(Cl)cc4)nc3CCO)ccc2n1CCN1CCCC1. The normalized spacial score (nSPS) is 14.1. The Balaban J connectivity index is 1.35. The number of aryl methyl sites for hydroxylation is 1. The lowest BCUT2D eigenvalue weighted by Crippen LogP contribution is -2.24. The number of amides is 1. The van der Waals surface area contributed by atoms with E-state index in [1.165, 1.54) is 48.5 Å². The van der Waals surface area contributed by atoms with Crippen LogP contribution in [0.15, 0.2) is 48.5 Å². The highest BCUT2D eigenvalue weighted by molar-refractivity contribution is 7.17. The molecule has 1 aliphatic rings. The van der Waals surface area contributed by atoms with E-state index in [-0.39, 0.29) is 12.5 Å². The minimum atomic E-state index is -0.212. The zero-order chi connectivity index (χ0) is 24.4. The van der Waals surface area contributed by atoms with Gasteiger partial charge in [0.2, 0.25) is 0 Å².